The maximum absolute atomic E-state index is 13.1. The summed E-state index contributed by atoms with van der Waals surface area (Å²) in [6.45, 7) is 0.247. The number of thiazole rings is 1. The average molecular weight is 468 g/mol. The van der Waals surface area contributed by atoms with Crippen molar-refractivity contribution in [3.8, 4) is 10.6 Å². The smallest absolute Gasteiger partial charge is 0.243 e. The number of piperazine rings is 1. The Morgan fingerprint density at radius 3 is 1.97 bits per heavy atom. The van der Waals surface area contributed by atoms with Crippen molar-refractivity contribution in [3.63, 3.8) is 0 Å². The Bertz CT molecular complexity index is 1240. The third-order valence-electron chi connectivity index (χ3n) is 4.75. The normalized spacial score (nSPS) is 16.6. The topological polar surface area (TPSA) is 87.7 Å². The second-order valence-corrected chi connectivity index (χ2v) is 11.7. The third kappa shape index (κ3) is 4.03. The Labute approximate surface area is 178 Å². The highest BCUT2D eigenvalue weighted by molar-refractivity contribution is 7.91. The molecule has 4 rings (SSSR count). The minimum absolute atomic E-state index is 0.0537. The molecule has 0 N–H and O–H groups in total. The lowest BCUT2D eigenvalue weighted by Crippen LogP contribution is -2.50. The Kier molecular flexibility index (Phi) is 5.73. The fourth-order valence-electron chi connectivity index (χ4n) is 3.12. The molecule has 1 saturated heterocycles. The van der Waals surface area contributed by atoms with Crippen LogP contribution in [0.4, 0.5) is 4.39 Å². The Balaban J connectivity index is 1.49. The molecule has 2 heterocycles. The number of aromatic nitrogens is 1. The summed E-state index contributed by atoms with van der Waals surface area (Å²) in [4.78, 5) is 4.34. The van der Waals surface area contributed by atoms with Crippen molar-refractivity contribution in [2.75, 3.05) is 26.2 Å². The molecule has 30 heavy (non-hydrogen) atoms. The van der Waals surface area contributed by atoms with Gasteiger partial charge in [0.2, 0.25) is 10.0 Å². The maximum atomic E-state index is 13.1. The van der Waals surface area contributed by atoms with Gasteiger partial charge in [-0.3, -0.25) is 0 Å². The van der Waals surface area contributed by atoms with Gasteiger partial charge in [-0.15, -0.1) is 11.3 Å². The summed E-state index contributed by atoms with van der Waals surface area (Å²) in [6.07, 6.45) is 1.28. The highest BCUT2D eigenvalue weighted by Crippen LogP contribution is 2.30. The minimum Gasteiger partial charge on any atom is -0.243 e. The van der Waals surface area contributed by atoms with Gasteiger partial charge in [0, 0.05) is 31.7 Å². The second-order valence-electron chi connectivity index (χ2n) is 6.61. The van der Waals surface area contributed by atoms with E-state index in [9.17, 15) is 21.2 Å². The number of benzene rings is 2. The van der Waals surface area contributed by atoms with Gasteiger partial charge in [0.15, 0.2) is 4.21 Å². The van der Waals surface area contributed by atoms with E-state index in [0.717, 1.165) is 11.3 Å². The maximum Gasteiger partial charge on any atom is 0.254 e. The molecular weight excluding hydrogens is 449 g/mol. The fourth-order valence-corrected chi connectivity index (χ4v) is 7.28. The molecule has 0 spiro atoms. The van der Waals surface area contributed by atoms with Crippen LogP contribution in [0, 0.1) is 5.82 Å². The average Bonchev–Trinajstić information content (AvgIpc) is 3.26. The molecule has 158 valence electrons. The Hall–Kier alpha value is -2.18. The number of rotatable bonds is 5. The first-order valence-corrected chi connectivity index (χ1v) is 12.8. The van der Waals surface area contributed by atoms with Crippen LogP contribution in [0.25, 0.3) is 10.6 Å². The number of hydrogen-bond donors (Lipinski definition) is 0. The zero-order chi connectivity index (χ0) is 21.4. The molecule has 0 saturated carbocycles. The van der Waals surface area contributed by atoms with Crippen LogP contribution in [0.2, 0.25) is 0 Å². The SMILES string of the molecule is O=S(=O)(c1ccccc1)N1CCN(S(=O)(=O)c2cnc(-c3ccc(F)cc3)s2)CC1. The molecule has 0 atom stereocenters. The molecule has 0 bridgehead atoms. The minimum atomic E-state index is -3.80. The van der Waals surface area contributed by atoms with Crippen LogP contribution in [0.15, 0.2) is 69.9 Å². The predicted molar refractivity (Wildman–Crippen MR) is 111 cm³/mol. The first-order valence-electron chi connectivity index (χ1n) is 9.05. The van der Waals surface area contributed by atoms with E-state index in [1.54, 1.807) is 18.2 Å². The molecule has 11 heteroatoms. The van der Waals surface area contributed by atoms with Crippen molar-refractivity contribution in [1.82, 2.24) is 13.6 Å². The van der Waals surface area contributed by atoms with Gasteiger partial charge < -0.3 is 0 Å². The largest absolute Gasteiger partial charge is 0.254 e. The van der Waals surface area contributed by atoms with E-state index in [0.29, 0.717) is 10.6 Å². The molecule has 1 aliphatic heterocycles. The fraction of sp³-hybridized carbons (Fsp3) is 0.211. The van der Waals surface area contributed by atoms with E-state index in [2.05, 4.69) is 4.98 Å². The van der Waals surface area contributed by atoms with E-state index in [1.165, 1.54) is 51.2 Å². The van der Waals surface area contributed by atoms with Crippen LogP contribution in [0.1, 0.15) is 0 Å². The van der Waals surface area contributed by atoms with Crippen LogP contribution in [-0.2, 0) is 20.0 Å². The van der Waals surface area contributed by atoms with Gasteiger partial charge in [-0.1, -0.05) is 18.2 Å². The first-order chi connectivity index (χ1) is 14.3. The van der Waals surface area contributed by atoms with E-state index in [4.69, 9.17) is 0 Å². The summed E-state index contributed by atoms with van der Waals surface area (Å²) in [6, 6.07) is 13.7. The predicted octanol–water partition coefficient (Wildman–Crippen LogP) is 2.64. The molecule has 7 nitrogen and oxygen atoms in total. The van der Waals surface area contributed by atoms with E-state index in [-0.39, 0.29) is 41.1 Å². The highest BCUT2D eigenvalue weighted by Gasteiger charge is 2.34. The lowest BCUT2D eigenvalue weighted by Gasteiger charge is -2.32. The lowest BCUT2D eigenvalue weighted by atomic mass is 10.2. The number of sulfonamides is 2. The molecule has 3 aromatic rings. The van der Waals surface area contributed by atoms with E-state index in [1.807, 2.05) is 0 Å². The summed E-state index contributed by atoms with van der Waals surface area (Å²) in [7, 11) is -7.46. The van der Waals surface area contributed by atoms with Gasteiger partial charge in [-0.05, 0) is 36.4 Å². The lowest BCUT2D eigenvalue weighted by molar-refractivity contribution is 0.273. The van der Waals surface area contributed by atoms with Gasteiger partial charge in [-0.2, -0.15) is 8.61 Å². The molecule has 1 aliphatic rings. The number of halogens is 1. The summed E-state index contributed by atoms with van der Waals surface area (Å²) in [5, 5.41) is 0.471. The monoisotopic (exact) mass is 467 g/mol. The molecular formula is C19H18FN3O4S3. The zero-order valence-electron chi connectivity index (χ0n) is 15.7. The third-order valence-corrected chi connectivity index (χ3v) is 10.0. The van der Waals surface area contributed by atoms with Crippen molar-refractivity contribution in [3.05, 3.63) is 66.6 Å². The summed E-state index contributed by atoms with van der Waals surface area (Å²) in [5.74, 6) is -0.383. The molecule has 1 fully saturated rings. The first kappa shape index (κ1) is 21.1. The van der Waals surface area contributed by atoms with Crippen LogP contribution in [0.5, 0.6) is 0 Å². The van der Waals surface area contributed by atoms with Gasteiger partial charge in [-0.25, -0.2) is 26.2 Å². The Morgan fingerprint density at radius 2 is 1.37 bits per heavy atom. The van der Waals surface area contributed by atoms with Crippen LogP contribution in [-0.4, -0.2) is 56.6 Å². The number of nitrogens with zero attached hydrogens (tertiary/aromatic N) is 3. The quantitative estimate of drug-likeness (QED) is 0.576. The van der Waals surface area contributed by atoms with Gasteiger partial charge in [0.1, 0.15) is 10.8 Å². The van der Waals surface area contributed by atoms with Crippen LogP contribution < -0.4 is 0 Å². The zero-order valence-corrected chi connectivity index (χ0v) is 18.1. The van der Waals surface area contributed by atoms with Gasteiger partial charge >= 0.3 is 0 Å². The second kappa shape index (κ2) is 8.16. The molecule has 0 unspecified atom stereocenters. The molecule has 0 amide bonds. The van der Waals surface area contributed by atoms with Crippen molar-refractivity contribution in [2.45, 2.75) is 9.10 Å². The summed E-state index contributed by atoms with van der Waals surface area (Å²) in [5.41, 5.74) is 0.627. The van der Waals surface area contributed by atoms with Gasteiger partial charge in [0.25, 0.3) is 10.0 Å². The van der Waals surface area contributed by atoms with Crippen molar-refractivity contribution >= 4 is 31.4 Å². The number of hydrogen-bond acceptors (Lipinski definition) is 6. The summed E-state index contributed by atoms with van der Waals surface area (Å²) >= 11 is 1.00. The molecule has 0 aliphatic carbocycles. The molecule has 1 aromatic heterocycles. The van der Waals surface area contributed by atoms with Crippen molar-refractivity contribution in [2.24, 2.45) is 0 Å². The van der Waals surface area contributed by atoms with Crippen molar-refractivity contribution < 1.29 is 21.2 Å². The van der Waals surface area contributed by atoms with E-state index < -0.39 is 20.0 Å². The summed E-state index contributed by atoms with van der Waals surface area (Å²) < 4.78 is 67.1. The van der Waals surface area contributed by atoms with E-state index >= 15 is 0 Å². The van der Waals surface area contributed by atoms with Crippen molar-refractivity contribution in [1.29, 1.82) is 0 Å². The molecule has 2 aromatic carbocycles. The van der Waals surface area contributed by atoms with Crippen LogP contribution in [0.3, 0.4) is 0 Å². The standard InChI is InChI=1S/C19H18FN3O4S3/c20-16-8-6-15(7-9-16)19-21-14-18(28-19)30(26,27)23-12-10-22(11-13-23)29(24,25)17-4-2-1-3-5-17/h1-9,14H,10-13H2. The van der Waals surface area contributed by atoms with Gasteiger partial charge in [0.05, 0.1) is 11.1 Å². The highest BCUT2D eigenvalue weighted by atomic mass is 32.2. The Morgan fingerprint density at radius 1 is 0.800 bits per heavy atom. The van der Waals surface area contributed by atoms with Crippen LogP contribution >= 0.6 is 11.3 Å². The molecule has 0 radical (unpaired) electrons.